The van der Waals surface area contributed by atoms with Crippen LogP contribution in [0.3, 0.4) is 0 Å². The van der Waals surface area contributed by atoms with E-state index in [0.717, 1.165) is 25.0 Å². The van der Waals surface area contributed by atoms with Crippen molar-refractivity contribution in [3.63, 3.8) is 0 Å². The van der Waals surface area contributed by atoms with Gasteiger partial charge in [0, 0.05) is 30.8 Å². The molecule has 1 fully saturated rings. The number of alkyl carbamates (subject to hydrolysis) is 1. The topological polar surface area (TPSA) is 138 Å². The molecule has 2 aliphatic rings. The first-order chi connectivity index (χ1) is 13.5. The van der Waals surface area contributed by atoms with Crippen molar-refractivity contribution >= 4 is 27.8 Å². The van der Waals surface area contributed by atoms with Gasteiger partial charge >= 0.3 is 6.09 Å². The number of H-pyrrole nitrogens is 1. The Labute approximate surface area is 162 Å². The van der Waals surface area contributed by atoms with Crippen LogP contribution in [0.5, 0.6) is 0 Å². The summed E-state index contributed by atoms with van der Waals surface area (Å²) in [6.45, 7) is 0.493. The van der Waals surface area contributed by atoms with E-state index < -0.39 is 16.1 Å². The molecule has 1 saturated carbocycles. The van der Waals surface area contributed by atoms with E-state index in [1.54, 1.807) is 12.1 Å². The molecule has 2 aromatic rings. The first-order valence-electron chi connectivity index (χ1n) is 9.23. The van der Waals surface area contributed by atoms with Crippen LogP contribution in [0.1, 0.15) is 37.3 Å². The number of hydrogen-bond donors (Lipinski definition) is 4. The molecular weight excluding hydrogens is 384 g/mol. The predicted molar refractivity (Wildman–Crippen MR) is 101 cm³/mol. The molecule has 1 aliphatic heterocycles. The Balaban J connectivity index is 1.59. The lowest BCUT2D eigenvalue weighted by Gasteiger charge is -2.13. The molecule has 0 spiro atoms. The van der Waals surface area contributed by atoms with Gasteiger partial charge in [0.2, 0.25) is 0 Å². The molecule has 28 heavy (non-hydrogen) atoms. The number of pyridine rings is 1. The first kappa shape index (κ1) is 18.7. The minimum absolute atomic E-state index is 0.0830. The molecule has 4 N–H and O–H groups in total. The third-order valence-electron chi connectivity index (χ3n) is 4.87. The first-order valence-corrected chi connectivity index (χ1v) is 10.7. The lowest BCUT2D eigenvalue weighted by molar-refractivity contribution is 0.100. The van der Waals surface area contributed by atoms with Crippen molar-refractivity contribution in [2.75, 3.05) is 18.4 Å². The summed E-state index contributed by atoms with van der Waals surface area (Å²) in [5, 5.41) is 12.8. The molecule has 2 atom stereocenters. The fourth-order valence-corrected chi connectivity index (χ4v) is 4.49. The maximum atomic E-state index is 12.4. The molecule has 0 radical (unpaired) electrons. The summed E-state index contributed by atoms with van der Waals surface area (Å²) in [5.74, 6) is 1.17. The number of amides is 1. The fraction of sp³-hybridized carbons (Fsp3) is 0.471. The number of sulfonamides is 1. The molecule has 6 bridgehead atoms. The van der Waals surface area contributed by atoms with E-state index in [9.17, 15) is 13.2 Å². The number of fused-ring (bicyclic) bond motifs is 7. The van der Waals surface area contributed by atoms with Crippen LogP contribution in [0, 0.1) is 0 Å². The lowest BCUT2D eigenvalue weighted by Crippen LogP contribution is -2.32. The summed E-state index contributed by atoms with van der Waals surface area (Å²) in [4.78, 5) is 16.1. The van der Waals surface area contributed by atoms with E-state index in [1.165, 1.54) is 6.07 Å². The number of anilines is 2. The van der Waals surface area contributed by atoms with Gasteiger partial charge in [0.1, 0.15) is 11.9 Å². The number of nitrogens with zero attached hydrogens (tertiary/aromatic N) is 2. The summed E-state index contributed by atoms with van der Waals surface area (Å²) < 4.78 is 32.8. The van der Waals surface area contributed by atoms with Crippen molar-refractivity contribution in [3.05, 3.63) is 30.0 Å². The van der Waals surface area contributed by atoms with Crippen LogP contribution >= 0.6 is 0 Å². The highest BCUT2D eigenvalue weighted by Gasteiger charge is 2.30. The number of aromatic nitrogens is 3. The number of carbonyl (C=O) groups excluding carboxylic acids is 1. The van der Waals surface area contributed by atoms with E-state index in [1.807, 2.05) is 6.07 Å². The zero-order valence-electron chi connectivity index (χ0n) is 15.1. The summed E-state index contributed by atoms with van der Waals surface area (Å²) >= 11 is 0. The van der Waals surface area contributed by atoms with Gasteiger partial charge in [-0.3, -0.25) is 5.10 Å². The molecule has 0 aromatic carbocycles. The number of carbonyl (C=O) groups is 1. The van der Waals surface area contributed by atoms with Crippen molar-refractivity contribution in [2.24, 2.45) is 0 Å². The van der Waals surface area contributed by atoms with Crippen molar-refractivity contribution in [1.29, 1.82) is 0 Å². The smallest absolute Gasteiger partial charge is 0.407 e. The average Bonchev–Trinajstić information content (AvgIpc) is 3.30. The summed E-state index contributed by atoms with van der Waals surface area (Å²) in [5.41, 5.74) is 0.945. The molecule has 3 heterocycles. The van der Waals surface area contributed by atoms with E-state index >= 15 is 0 Å². The van der Waals surface area contributed by atoms with Gasteiger partial charge in [-0.05, 0) is 37.8 Å². The predicted octanol–water partition coefficient (Wildman–Crippen LogP) is 1.59. The minimum Gasteiger partial charge on any atom is -0.446 e. The largest absolute Gasteiger partial charge is 0.446 e. The van der Waals surface area contributed by atoms with Crippen molar-refractivity contribution in [3.8, 4) is 0 Å². The Morgan fingerprint density at radius 1 is 1.14 bits per heavy atom. The second-order valence-corrected chi connectivity index (χ2v) is 8.62. The molecule has 150 valence electrons. The van der Waals surface area contributed by atoms with Crippen LogP contribution in [0.25, 0.3) is 0 Å². The standard InChI is InChI=1S/C17H22N6O4S/c24-17-18-7-2-8-19-28(25,26)16-4-1-3-14(21-16)20-15-10-13(22-23-15)11-5-6-12(9-11)27-17/h1,3-4,10-12,19H,2,5-9H2,(H,18,24)(H2,20,21,22,23)/t11-,12+/m0/s1. The van der Waals surface area contributed by atoms with Gasteiger partial charge in [0.05, 0.1) is 0 Å². The number of aromatic amines is 1. The SMILES string of the molecule is O=C1NCCCNS(=O)(=O)c2cccc(n2)Nc2cc([nH]n2)[C@H]2CC[C@H](C2)O1. The summed E-state index contributed by atoms with van der Waals surface area (Å²) in [6, 6.07) is 6.60. The van der Waals surface area contributed by atoms with Gasteiger partial charge in [-0.1, -0.05) is 6.07 Å². The van der Waals surface area contributed by atoms with Crippen LogP contribution in [-0.4, -0.2) is 48.9 Å². The maximum Gasteiger partial charge on any atom is 0.407 e. The number of rotatable bonds is 0. The summed E-state index contributed by atoms with van der Waals surface area (Å²) in [7, 11) is -3.75. The average molecular weight is 406 g/mol. The molecular formula is C17H22N6O4S. The van der Waals surface area contributed by atoms with Gasteiger partial charge in [-0.25, -0.2) is 22.9 Å². The highest BCUT2D eigenvalue weighted by Crippen LogP contribution is 2.36. The Hall–Kier alpha value is -2.66. The lowest BCUT2D eigenvalue weighted by atomic mass is 10.0. The molecule has 0 unspecified atom stereocenters. The minimum atomic E-state index is -3.75. The highest BCUT2D eigenvalue weighted by molar-refractivity contribution is 7.89. The second kappa shape index (κ2) is 7.76. The molecule has 1 aliphatic carbocycles. The van der Waals surface area contributed by atoms with Crippen LogP contribution in [0.2, 0.25) is 0 Å². The molecule has 4 rings (SSSR count). The maximum absolute atomic E-state index is 12.4. The van der Waals surface area contributed by atoms with E-state index in [4.69, 9.17) is 4.74 Å². The normalized spacial score (nSPS) is 24.9. The Bertz CT molecular complexity index is 960. The molecule has 10 nitrogen and oxygen atoms in total. The van der Waals surface area contributed by atoms with Gasteiger partial charge in [-0.15, -0.1) is 0 Å². The van der Waals surface area contributed by atoms with E-state index in [0.29, 0.717) is 24.6 Å². The van der Waals surface area contributed by atoms with Gasteiger partial charge in [0.15, 0.2) is 10.8 Å². The van der Waals surface area contributed by atoms with Crippen molar-refractivity contribution in [1.82, 2.24) is 25.2 Å². The second-order valence-electron chi connectivity index (χ2n) is 6.91. The Kier molecular flexibility index (Phi) is 5.18. The van der Waals surface area contributed by atoms with Crippen molar-refractivity contribution < 1.29 is 17.9 Å². The molecule has 0 saturated heterocycles. The van der Waals surface area contributed by atoms with Gasteiger partial charge in [-0.2, -0.15) is 5.10 Å². The number of hydrogen-bond acceptors (Lipinski definition) is 7. The summed E-state index contributed by atoms with van der Waals surface area (Å²) in [6.07, 6.45) is 2.26. The van der Waals surface area contributed by atoms with Crippen molar-refractivity contribution in [2.45, 2.75) is 42.7 Å². The number of ether oxygens (including phenoxy) is 1. The molecule has 1 amide bonds. The molecule has 11 heteroatoms. The van der Waals surface area contributed by atoms with E-state index in [-0.39, 0.29) is 23.6 Å². The number of nitrogens with one attached hydrogen (secondary N) is 4. The third kappa shape index (κ3) is 4.25. The zero-order chi connectivity index (χ0) is 19.6. The molecule has 2 aromatic heterocycles. The van der Waals surface area contributed by atoms with Crippen LogP contribution in [0.4, 0.5) is 16.4 Å². The van der Waals surface area contributed by atoms with Crippen LogP contribution < -0.4 is 15.4 Å². The zero-order valence-corrected chi connectivity index (χ0v) is 16.0. The van der Waals surface area contributed by atoms with E-state index in [2.05, 4.69) is 30.5 Å². The monoisotopic (exact) mass is 406 g/mol. The van der Waals surface area contributed by atoms with Gasteiger partial charge in [0.25, 0.3) is 10.0 Å². The fourth-order valence-electron chi connectivity index (χ4n) is 3.46. The quantitative estimate of drug-likeness (QED) is 0.521. The van der Waals surface area contributed by atoms with Gasteiger partial charge < -0.3 is 15.4 Å². The Morgan fingerprint density at radius 2 is 2.04 bits per heavy atom. The highest BCUT2D eigenvalue weighted by atomic mass is 32.2. The van der Waals surface area contributed by atoms with Crippen LogP contribution in [0.15, 0.2) is 29.3 Å². The third-order valence-corrected chi connectivity index (χ3v) is 6.23. The van der Waals surface area contributed by atoms with Crippen LogP contribution in [-0.2, 0) is 14.8 Å². The Morgan fingerprint density at radius 3 is 2.93 bits per heavy atom.